The van der Waals surface area contributed by atoms with Crippen LogP contribution in [-0.4, -0.2) is 42.7 Å². The molecule has 0 radical (unpaired) electrons. The molecule has 1 amide bonds. The molecule has 0 aliphatic heterocycles. The third-order valence-electron chi connectivity index (χ3n) is 3.59. The molecule has 0 atom stereocenters. The molecule has 0 heterocycles. The van der Waals surface area contributed by atoms with Crippen LogP contribution in [0.3, 0.4) is 0 Å². The zero-order chi connectivity index (χ0) is 18.2. The number of non-ortho nitro benzene ring substituents is 1. The molecule has 2 aromatic carbocycles. The van der Waals surface area contributed by atoms with Gasteiger partial charge in [0.25, 0.3) is 5.69 Å². The lowest BCUT2D eigenvalue weighted by atomic mass is 10.2. The average Bonchev–Trinajstić information content (AvgIpc) is 2.64. The second-order valence-electron chi connectivity index (χ2n) is 5.28. The van der Waals surface area contributed by atoms with Crippen LogP contribution in [-0.2, 0) is 4.79 Å². The van der Waals surface area contributed by atoms with Crippen molar-refractivity contribution in [3.63, 3.8) is 0 Å². The molecule has 0 fully saturated rings. The van der Waals surface area contributed by atoms with Crippen molar-refractivity contribution in [2.45, 2.75) is 0 Å². The van der Waals surface area contributed by atoms with E-state index in [2.05, 4.69) is 10.6 Å². The summed E-state index contributed by atoms with van der Waals surface area (Å²) in [5.74, 6) is -0.189. The smallest absolute Gasteiger partial charge is 0.271 e. The summed E-state index contributed by atoms with van der Waals surface area (Å²) >= 11 is 0. The number of hydrogen-bond donors (Lipinski definition) is 3. The number of carbonyl (C=O) groups is 1. The molecule has 0 saturated heterocycles. The molecule has 0 unspecified atom stereocenters. The molecule has 2 aromatic rings. The first-order chi connectivity index (χ1) is 12.0. The summed E-state index contributed by atoms with van der Waals surface area (Å²) < 4.78 is 0. The number of carbonyl (C=O) groups excluding carboxylic acids is 1. The van der Waals surface area contributed by atoms with Crippen LogP contribution in [0.25, 0.3) is 0 Å². The van der Waals surface area contributed by atoms with Crippen LogP contribution >= 0.6 is 0 Å². The molecule has 0 aliphatic carbocycles. The maximum atomic E-state index is 12.3. The summed E-state index contributed by atoms with van der Waals surface area (Å²) in [7, 11) is 1.66. The number of hydrogen-bond acceptors (Lipinski definition) is 6. The van der Waals surface area contributed by atoms with Crippen LogP contribution in [0.2, 0.25) is 0 Å². The number of nitrogens with one attached hydrogen (secondary N) is 2. The summed E-state index contributed by atoms with van der Waals surface area (Å²) in [6.45, 7) is 0.191. The lowest BCUT2D eigenvalue weighted by Gasteiger charge is -2.19. The van der Waals surface area contributed by atoms with Gasteiger partial charge in [-0.25, -0.2) is 0 Å². The third kappa shape index (κ3) is 4.92. The van der Waals surface area contributed by atoms with Crippen LogP contribution < -0.4 is 15.5 Å². The number of rotatable bonds is 8. The van der Waals surface area contributed by atoms with Gasteiger partial charge in [-0.2, -0.15) is 0 Å². The van der Waals surface area contributed by atoms with Crippen molar-refractivity contribution in [2.24, 2.45) is 0 Å². The van der Waals surface area contributed by atoms with Gasteiger partial charge in [0.2, 0.25) is 5.91 Å². The van der Waals surface area contributed by atoms with E-state index in [0.717, 1.165) is 5.69 Å². The highest BCUT2D eigenvalue weighted by molar-refractivity contribution is 5.96. The standard InChI is InChI=1S/C17H20N4O4/c1-20(13-5-3-2-4-6-13)17(23)12-19-16-11-14(21(24)25)7-8-15(16)18-9-10-22/h2-8,11,18-19,22H,9-10,12H2,1H3. The predicted molar refractivity (Wildman–Crippen MR) is 97.0 cm³/mol. The Morgan fingerprint density at radius 2 is 1.88 bits per heavy atom. The van der Waals surface area contributed by atoms with Crippen LogP contribution in [0.5, 0.6) is 0 Å². The van der Waals surface area contributed by atoms with Crippen LogP contribution in [0.4, 0.5) is 22.7 Å². The maximum Gasteiger partial charge on any atom is 0.271 e. The fraction of sp³-hybridized carbons (Fsp3) is 0.235. The Hall–Kier alpha value is -3.13. The molecule has 0 bridgehead atoms. The number of anilines is 3. The molecule has 3 N–H and O–H groups in total. The predicted octanol–water partition coefficient (Wildman–Crippen LogP) is 2.07. The molecule has 0 spiro atoms. The van der Waals surface area contributed by atoms with E-state index in [-0.39, 0.29) is 24.7 Å². The number of nitro benzene ring substituents is 1. The number of aliphatic hydroxyl groups excluding tert-OH is 1. The Morgan fingerprint density at radius 3 is 2.52 bits per heavy atom. The van der Waals surface area contributed by atoms with Gasteiger partial charge in [-0.05, 0) is 18.2 Å². The van der Waals surface area contributed by atoms with Crippen molar-refractivity contribution in [1.29, 1.82) is 0 Å². The summed E-state index contributed by atoms with van der Waals surface area (Å²) in [5, 5.41) is 25.8. The highest BCUT2D eigenvalue weighted by Crippen LogP contribution is 2.27. The highest BCUT2D eigenvalue weighted by Gasteiger charge is 2.14. The van der Waals surface area contributed by atoms with Crippen LogP contribution in [0.1, 0.15) is 0 Å². The fourth-order valence-corrected chi connectivity index (χ4v) is 2.22. The first kappa shape index (κ1) is 18.2. The second-order valence-corrected chi connectivity index (χ2v) is 5.28. The number of para-hydroxylation sites is 1. The molecule has 0 aromatic heterocycles. The zero-order valence-electron chi connectivity index (χ0n) is 13.8. The normalized spacial score (nSPS) is 10.2. The molecule has 8 heteroatoms. The van der Waals surface area contributed by atoms with E-state index >= 15 is 0 Å². The number of benzene rings is 2. The molecule has 0 saturated carbocycles. The molecular formula is C17H20N4O4. The van der Waals surface area contributed by atoms with E-state index in [9.17, 15) is 14.9 Å². The average molecular weight is 344 g/mol. The second kappa shape index (κ2) is 8.65. The van der Waals surface area contributed by atoms with Crippen LogP contribution in [0, 0.1) is 10.1 Å². The van der Waals surface area contributed by atoms with Crippen molar-refractivity contribution in [1.82, 2.24) is 0 Å². The number of likely N-dealkylation sites (N-methyl/N-ethyl adjacent to an activating group) is 1. The molecule has 0 aliphatic rings. The van der Waals surface area contributed by atoms with E-state index in [1.807, 2.05) is 30.3 Å². The van der Waals surface area contributed by atoms with Gasteiger partial charge in [0.15, 0.2) is 0 Å². The van der Waals surface area contributed by atoms with Gasteiger partial charge in [-0.15, -0.1) is 0 Å². The largest absolute Gasteiger partial charge is 0.395 e. The van der Waals surface area contributed by atoms with E-state index in [1.54, 1.807) is 13.1 Å². The van der Waals surface area contributed by atoms with Gasteiger partial charge in [0.1, 0.15) is 0 Å². The number of nitrogens with zero attached hydrogens (tertiary/aromatic N) is 2. The number of nitro groups is 1. The lowest BCUT2D eigenvalue weighted by molar-refractivity contribution is -0.384. The Kier molecular flexibility index (Phi) is 6.30. The van der Waals surface area contributed by atoms with Gasteiger partial charge in [-0.3, -0.25) is 14.9 Å². The van der Waals surface area contributed by atoms with E-state index in [1.165, 1.54) is 17.0 Å². The van der Waals surface area contributed by atoms with Crippen LogP contribution in [0.15, 0.2) is 48.5 Å². The quantitative estimate of drug-likeness (QED) is 0.500. The van der Waals surface area contributed by atoms with Crippen molar-refractivity contribution in [3.05, 3.63) is 58.6 Å². The van der Waals surface area contributed by atoms with Gasteiger partial charge >= 0.3 is 0 Å². The molecular weight excluding hydrogens is 324 g/mol. The van der Waals surface area contributed by atoms with Crippen molar-refractivity contribution in [3.8, 4) is 0 Å². The number of amides is 1. The maximum absolute atomic E-state index is 12.3. The third-order valence-corrected chi connectivity index (χ3v) is 3.59. The summed E-state index contributed by atoms with van der Waals surface area (Å²) in [6.07, 6.45) is 0. The Labute approximate surface area is 145 Å². The first-order valence-corrected chi connectivity index (χ1v) is 7.71. The Morgan fingerprint density at radius 1 is 1.16 bits per heavy atom. The van der Waals surface area contributed by atoms with Gasteiger partial charge < -0.3 is 20.6 Å². The fourth-order valence-electron chi connectivity index (χ4n) is 2.22. The van der Waals surface area contributed by atoms with E-state index in [0.29, 0.717) is 17.9 Å². The minimum absolute atomic E-state index is 0.0274. The molecule has 8 nitrogen and oxygen atoms in total. The summed E-state index contributed by atoms with van der Waals surface area (Å²) in [5.41, 5.74) is 1.68. The molecule has 25 heavy (non-hydrogen) atoms. The van der Waals surface area contributed by atoms with Gasteiger partial charge in [0.05, 0.1) is 29.4 Å². The SMILES string of the molecule is CN(C(=O)CNc1cc([N+](=O)[O-])ccc1NCCO)c1ccccc1. The van der Waals surface area contributed by atoms with Gasteiger partial charge in [-0.1, -0.05) is 18.2 Å². The van der Waals surface area contributed by atoms with Gasteiger partial charge in [0, 0.05) is 31.4 Å². The lowest BCUT2D eigenvalue weighted by Crippen LogP contribution is -2.32. The Bertz CT molecular complexity index is 737. The van der Waals surface area contributed by atoms with E-state index in [4.69, 9.17) is 5.11 Å². The first-order valence-electron chi connectivity index (χ1n) is 7.71. The van der Waals surface area contributed by atoms with Crippen molar-refractivity contribution >= 4 is 28.7 Å². The van der Waals surface area contributed by atoms with Crippen molar-refractivity contribution < 1.29 is 14.8 Å². The topological polar surface area (TPSA) is 108 Å². The highest BCUT2D eigenvalue weighted by atomic mass is 16.6. The molecule has 132 valence electrons. The Balaban J connectivity index is 2.10. The molecule has 2 rings (SSSR count). The number of aliphatic hydroxyl groups is 1. The monoisotopic (exact) mass is 344 g/mol. The van der Waals surface area contributed by atoms with Crippen molar-refractivity contribution in [2.75, 3.05) is 42.3 Å². The zero-order valence-corrected chi connectivity index (χ0v) is 13.8. The summed E-state index contributed by atoms with van der Waals surface area (Å²) in [6, 6.07) is 13.4. The summed E-state index contributed by atoms with van der Waals surface area (Å²) in [4.78, 5) is 24.3. The minimum Gasteiger partial charge on any atom is -0.395 e. The van der Waals surface area contributed by atoms with E-state index < -0.39 is 4.92 Å². The minimum atomic E-state index is -0.501.